The highest BCUT2D eigenvalue weighted by Crippen LogP contribution is 2.17. The fourth-order valence-electron chi connectivity index (χ4n) is 2.58. The first-order valence-electron chi connectivity index (χ1n) is 8.90. The SMILES string of the molecule is CCNC(=NCc1ccc(F)cc1CSC)NCCCn1cc(C)cn1.I. The molecule has 27 heavy (non-hydrogen) atoms. The van der Waals surface area contributed by atoms with Gasteiger partial charge in [0.25, 0.3) is 0 Å². The van der Waals surface area contributed by atoms with Crippen molar-refractivity contribution in [3.63, 3.8) is 0 Å². The molecule has 0 fully saturated rings. The van der Waals surface area contributed by atoms with E-state index in [9.17, 15) is 4.39 Å². The highest BCUT2D eigenvalue weighted by atomic mass is 127. The summed E-state index contributed by atoms with van der Waals surface area (Å²) >= 11 is 1.68. The largest absolute Gasteiger partial charge is 0.357 e. The predicted molar refractivity (Wildman–Crippen MR) is 123 cm³/mol. The van der Waals surface area contributed by atoms with Crippen LogP contribution in [0.15, 0.2) is 35.6 Å². The minimum Gasteiger partial charge on any atom is -0.357 e. The van der Waals surface area contributed by atoms with Gasteiger partial charge in [0.1, 0.15) is 5.82 Å². The van der Waals surface area contributed by atoms with Crippen LogP contribution in [-0.2, 0) is 18.8 Å². The van der Waals surface area contributed by atoms with Gasteiger partial charge in [-0.2, -0.15) is 16.9 Å². The molecule has 2 rings (SSSR count). The number of aryl methyl sites for hydroxylation is 2. The number of halogens is 2. The molecule has 0 aliphatic carbocycles. The van der Waals surface area contributed by atoms with E-state index in [4.69, 9.17) is 0 Å². The van der Waals surface area contributed by atoms with E-state index in [0.29, 0.717) is 6.54 Å². The number of hydrogen-bond acceptors (Lipinski definition) is 3. The van der Waals surface area contributed by atoms with E-state index in [1.54, 1.807) is 17.8 Å². The lowest BCUT2D eigenvalue weighted by Gasteiger charge is -2.12. The van der Waals surface area contributed by atoms with Crippen LogP contribution < -0.4 is 10.6 Å². The highest BCUT2D eigenvalue weighted by molar-refractivity contribution is 14.0. The maximum absolute atomic E-state index is 13.5. The number of aromatic nitrogens is 2. The van der Waals surface area contributed by atoms with Gasteiger partial charge in [0.05, 0.1) is 12.7 Å². The molecule has 0 atom stereocenters. The maximum atomic E-state index is 13.5. The Kier molecular flexibility index (Phi) is 11.4. The first-order chi connectivity index (χ1) is 12.6. The number of aliphatic imine (C=N–C) groups is 1. The third-order valence-corrected chi connectivity index (χ3v) is 4.44. The average molecular weight is 505 g/mol. The monoisotopic (exact) mass is 505 g/mol. The number of guanidine groups is 1. The van der Waals surface area contributed by atoms with Gasteiger partial charge >= 0.3 is 0 Å². The van der Waals surface area contributed by atoms with E-state index in [0.717, 1.165) is 48.9 Å². The van der Waals surface area contributed by atoms with Crippen LogP contribution in [0.3, 0.4) is 0 Å². The van der Waals surface area contributed by atoms with E-state index in [1.165, 1.54) is 11.6 Å². The zero-order valence-corrected chi connectivity index (χ0v) is 19.3. The summed E-state index contributed by atoms with van der Waals surface area (Å²) in [4.78, 5) is 4.65. The fourth-order valence-corrected chi connectivity index (χ4v) is 3.16. The van der Waals surface area contributed by atoms with Gasteiger partial charge in [0.2, 0.25) is 0 Å². The molecular weight excluding hydrogens is 476 g/mol. The van der Waals surface area contributed by atoms with Gasteiger partial charge < -0.3 is 10.6 Å². The van der Waals surface area contributed by atoms with Gasteiger partial charge in [-0.15, -0.1) is 24.0 Å². The Balaban J connectivity index is 0.00000364. The van der Waals surface area contributed by atoms with Crippen LogP contribution in [0.2, 0.25) is 0 Å². The van der Waals surface area contributed by atoms with Gasteiger partial charge in [0.15, 0.2) is 5.96 Å². The summed E-state index contributed by atoms with van der Waals surface area (Å²) < 4.78 is 15.4. The van der Waals surface area contributed by atoms with Gasteiger partial charge in [-0.25, -0.2) is 9.38 Å². The highest BCUT2D eigenvalue weighted by Gasteiger charge is 2.05. The zero-order valence-electron chi connectivity index (χ0n) is 16.2. The van der Waals surface area contributed by atoms with Crippen molar-refractivity contribution in [1.29, 1.82) is 0 Å². The number of hydrogen-bond donors (Lipinski definition) is 2. The van der Waals surface area contributed by atoms with Crippen LogP contribution in [-0.4, -0.2) is 35.1 Å². The second-order valence-electron chi connectivity index (χ2n) is 6.10. The first kappa shape index (κ1) is 23.7. The summed E-state index contributed by atoms with van der Waals surface area (Å²) in [5.41, 5.74) is 3.24. The van der Waals surface area contributed by atoms with Crippen molar-refractivity contribution in [1.82, 2.24) is 20.4 Å². The molecule has 0 radical (unpaired) electrons. The molecule has 1 aromatic heterocycles. The average Bonchev–Trinajstić information content (AvgIpc) is 3.03. The van der Waals surface area contributed by atoms with E-state index in [1.807, 2.05) is 43.2 Å². The molecule has 0 aliphatic heterocycles. The van der Waals surface area contributed by atoms with Crippen LogP contribution in [0, 0.1) is 12.7 Å². The van der Waals surface area contributed by atoms with Gasteiger partial charge in [-0.3, -0.25) is 4.68 Å². The van der Waals surface area contributed by atoms with Crippen molar-refractivity contribution in [2.24, 2.45) is 4.99 Å². The van der Waals surface area contributed by atoms with E-state index in [-0.39, 0.29) is 29.8 Å². The Hall–Kier alpha value is -1.29. The Bertz CT molecular complexity index is 720. The van der Waals surface area contributed by atoms with Crippen molar-refractivity contribution in [3.8, 4) is 0 Å². The lowest BCUT2D eigenvalue weighted by atomic mass is 10.1. The quantitative estimate of drug-likeness (QED) is 0.235. The molecule has 1 heterocycles. The molecule has 2 N–H and O–H groups in total. The summed E-state index contributed by atoms with van der Waals surface area (Å²) in [6.07, 6.45) is 6.89. The van der Waals surface area contributed by atoms with Crippen LogP contribution in [0.25, 0.3) is 0 Å². The van der Waals surface area contributed by atoms with Crippen molar-refractivity contribution < 1.29 is 4.39 Å². The lowest BCUT2D eigenvalue weighted by molar-refractivity contribution is 0.570. The van der Waals surface area contributed by atoms with Crippen molar-refractivity contribution in [3.05, 3.63) is 53.1 Å². The minimum atomic E-state index is -0.194. The van der Waals surface area contributed by atoms with Crippen LogP contribution in [0.1, 0.15) is 30.0 Å². The second-order valence-corrected chi connectivity index (χ2v) is 6.97. The van der Waals surface area contributed by atoms with Gasteiger partial charge in [-0.05, 0) is 55.3 Å². The Labute approximate surface area is 182 Å². The van der Waals surface area contributed by atoms with E-state index in [2.05, 4.69) is 20.7 Å². The molecule has 0 saturated heterocycles. The van der Waals surface area contributed by atoms with Gasteiger partial charge in [-0.1, -0.05) is 6.07 Å². The fraction of sp³-hybridized carbons (Fsp3) is 0.474. The second kappa shape index (κ2) is 13.0. The molecule has 0 bridgehead atoms. The topological polar surface area (TPSA) is 54.2 Å². The number of benzene rings is 1. The molecule has 1 aromatic carbocycles. The Morgan fingerprint density at radius 3 is 2.78 bits per heavy atom. The smallest absolute Gasteiger partial charge is 0.191 e. The maximum Gasteiger partial charge on any atom is 0.191 e. The number of nitrogens with zero attached hydrogens (tertiary/aromatic N) is 3. The Morgan fingerprint density at radius 2 is 2.11 bits per heavy atom. The molecule has 8 heteroatoms. The normalized spacial score (nSPS) is 11.2. The number of thioether (sulfide) groups is 1. The van der Waals surface area contributed by atoms with Crippen LogP contribution in [0.4, 0.5) is 4.39 Å². The number of rotatable bonds is 9. The Morgan fingerprint density at radius 1 is 1.30 bits per heavy atom. The third-order valence-electron chi connectivity index (χ3n) is 3.84. The predicted octanol–water partition coefficient (Wildman–Crippen LogP) is 3.96. The minimum absolute atomic E-state index is 0. The molecule has 0 amide bonds. The van der Waals surface area contributed by atoms with Crippen molar-refractivity contribution in [2.45, 2.75) is 39.1 Å². The standard InChI is InChI=1S/C19H28FN5S.HI/c1-4-21-19(22-8-5-9-25-13-15(2)11-24-25)23-12-16-6-7-18(20)10-17(16)14-26-3;/h6-7,10-11,13H,4-5,8-9,12,14H2,1-3H3,(H2,21,22,23);1H. The summed E-state index contributed by atoms with van der Waals surface area (Å²) in [7, 11) is 0. The molecule has 2 aromatic rings. The molecular formula is C19H29FIN5S. The third kappa shape index (κ3) is 8.50. The first-order valence-corrected chi connectivity index (χ1v) is 10.3. The van der Waals surface area contributed by atoms with E-state index < -0.39 is 0 Å². The van der Waals surface area contributed by atoms with Crippen LogP contribution >= 0.6 is 35.7 Å². The van der Waals surface area contributed by atoms with E-state index >= 15 is 0 Å². The summed E-state index contributed by atoms with van der Waals surface area (Å²) in [6, 6.07) is 4.93. The molecule has 0 spiro atoms. The molecule has 0 unspecified atom stereocenters. The molecule has 5 nitrogen and oxygen atoms in total. The molecule has 150 valence electrons. The zero-order chi connectivity index (χ0) is 18.8. The van der Waals surface area contributed by atoms with Crippen molar-refractivity contribution >= 4 is 41.7 Å². The van der Waals surface area contributed by atoms with Crippen molar-refractivity contribution in [2.75, 3.05) is 19.3 Å². The molecule has 0 saturated carbocycles. The lowest BCUT2D eigenvalue weighted by Crippen LogP contribution is -2.38. The summed E-state index contributed by atoms with van der Waals surface area (Å²) in [5.74, 6) is 1.37. The molecule has 0 aliphatic rings. The summed E-state index contributed by atoms with van der Waals surface area (Å²) in [6.45, 7) is 7.09. The summed E-state index contributed by atoms with van der Waals surface area (Å²) in [5, 5.41) is 10.9. The number of nitrogens with one attached hydrogen (secondary N) is 2. The van der Waals surface area contributed by atoms with Crippen LogP contribution in [0.5, 0.6) is 0 Å². The van der Waals surface area contributed by atoms with Gasteiger partial charge in [0, 0.05) is 31.6 Å².